The van der Waals surface area contributed by atoms with Crippen molar-refractivity contribution in [2.24, 2.45) is 0 Å². The highest BCUT2D eigenvalue weighted by Gasteiger charge is 2.26. The van der Waals surface area contributed by atoms with Gasteiger partial charge >= 0.3 is 0 Å². The van der Waals surface area contributed by atoms with Crippen LogP contribution >= 0.6 is 0 Å². The number of aromatic nitrogens is 4. The standard InChI is InChI=1S/C20H12N4/c1-2-5-13-12(4-1)10-16-19(13)24-17-11-21-9-7-14(17)18-15(20(24)23-16)6-3-8-22-18/h1-9,11H,10H2. The molecule has 1 aliphatic carbocycles. The molecular weight excluding hydrogens is 296 g/mol. The second-order valence-electron chi connectivity index (χ2n) is 6.19. The van der Waals surface area contributed by atoms with Crippen molar-refractivity contribution in [1.82, 2.24) is 19.4 Å². The van der Waals surface area contributed by atoms with Gasteiger partial charge in [-0.1, -0.05) is 24.3 Å². The van der Waals surface area contributed by atoms with Crippen LogP contribution in [0.4, 0.5) is 0 Å². The Labute approximate surface area is 137 Å². The molecule has 4 aromatic heterocycles. The number of benzene rings is 1. The fraction of sp³-hybridized carbons (Fsp3) is 0.0500. The third-order valence-corrected chi connectivity index (χ3v) is 4.92. The molecule has 112 valence electrons. The Bertz CT molecular complexity index is 1280. The average molecular weight is 308 g/mol. The highest BCUT2D eigenvalue weighted by molar-refractivity contribution is 6.10. The number of pyridine rings is 3. The zero-order valence-electron chi connectivity index (χ0n) is 12.8. The smallest absolute Gasteiger partial charge is 0.147 e. The van der Waals surface area contributed by atoms with Crippen LogP contribution in [0, 0.1) is 0 Å². The lowest BCUT2D eigenvalue weighted by atomic mass is 10.1. The van der Waals surface area contributed by atoms with Crippen LogP contribution in [0.25, 0.3) is 38.7 Å². The van der Waals surface area contributed by atoms with Crippen molar-refractivity contribution in [3.8, 4) is 11.3 Å². The van der Waals surface area contributed by atoms with E-state index in [2.05, 4.69) is 44.7 Å². The fourth-order valence-corrected chi connectivity index (χ4v) is 3.93. The van der Waals surface area contributed by atoms with E-state index < -0.39 is 0 Å². The normalized spacial score (nSPS) is 12.8. The number of fused-ring (bicyclic) bond motifs is 10. The van der Waals surface area contributed by atoms with Gasteiger partial charge in [-0.3, -0.25) is 14.4 Å². The van der Waals surface area contributed by atoms with Crippen LogP contribution in [0.15, 0.2) is 61.1 Å². The van der Waals surface area contributed by atoms with Crippen LogP contribution in [-0.2, 0) is 6.42 Å². The van der Waals surface area contributed by atoms with Gasteiger partial charge in [0.2, 0.25) is 0 Å². The van der Waals surface area contributed by atoms with Crippen molar-refractivity contribution in [2.75, 3.05) is 0 Å². The molecule has 0 spiro atoms. The van der Waals surface area contributed by atoms with Crippen LogP contribution in [-0.4, -0.2) is 19.4 Å². The van der Waals surface area contributed by atoms with Crippen molar-refractivity contribution >= 4 is 27.5 Å². The van der Waals surface area contributed by atoms with Crippen LogP contribution in [0.3, 0.4) is 0 Å². The second-order valence-corrected chi connectivity index (χ2v) is 6.19. The summed E-state index contributed by atoms with van der Waals surface area (Å²) in [5.41, 5.74) is 7.96. The minimum Gasteiger partial charge on any atom is -0.290 e. The van der Waals surface area contributed by atoms with Gasteiger partial charge in [-0.25, -0.2) is 4.98 Å². The highest BCUT2D eigenvalue weighted by atomic mass is 15.0. The molecule has 6 rings (SSSR count). The van der Waals surface area contributed by atoms with Crippen molar-refractivity contribution in [2.45, 2.75) is 6.42 Å². The lowest BCUT2D eigenvalue weighted by Gasteiger charge is -2.09. The molecule has 0 saturated heterocycles. The summed E-state index contributed by atoms with van der Waals surface area (Å²) in [6.07, 6.45) is 6.47. The first-order valence-corrected chi connectivity index (χ1v) is 8.02. The fourth-order valence-electron chi connectivity index (χ4n) is 3.93. The summed E-state index contributed by atoms with van der Waals surface area (Å²) < 4.78 is 2.26. The van der Waals surface area contributed by atoms with E-state index in [9.17, 15) is 0 Å². The van der Waals surface area contributed by atoms with E-state index >= 15 is 0 Å². The van der Waals surface area contributed by atoms with E-state index in [1.807, 2.05) is 30.7 Å². The molecule has 0 bridgehead atoms. The van der Waals surface area contributed by atoms with Crippen LogP contribution in [0.2, 0.25) is 0 Å². The summed E-state index contributed by atoms with van der Waals surface area (Å²) in [4.78, 5) is 13.9. The Balaban J connectivity index is 1.93. The second kappa shape index (κ2) is 4.17. The summed E-state index contributed by atoms with van der Waals surface area (Å²) in [5, 5.41) is 2.20. The topological polar surface area (TPSA) is 43.1 Å². The Morgan fingerprint density at radius 1 is 0.917 bits per heavy atom. The van der Waals surface area contributed by atoms with Gasteiger partial charge in [0, 0.05) is 35.2 Å². The molecule has 0 unspecified atom stereocenters. The lowest BCUT2D eigenvalue weighted by Crippen LogP contribution is -1.95. The minimum atomic E-state index is 0.886. The molecule has 0 atom stereocenters. The van der Waals surface area contributed by atoms with E-state index in [4.69, 9.17) is 4.98 Å². The largest absolute Gasteiger partial charge is 0.290 e. The molecule has 0 N–H and O–H groups in total. The van der Waals surface area contributed by atoms with Crippen LogP contribution in [0.1, 0.15) is 11.3 Å². The van der Waals surface area contributed by atoms with Gasteiger partial charge in [-0.05, 0) is 23.8 Å². The number of imidazole rings is 1. The zero-order valence-corrected chi connectivity index (χ0v) is 12.8. The minimum absolute atomic E-state index is 0.886. The molecule has 0 radical (unpaired) electrons. The van der Waals surface area contributed by atoms with Crippen molar-refractivity contribution in [3.63, 3.8) is 0 Å². The predicted molar refractivity (Wildman–Crippen MR) is 94.0 cm³/mol. The molecule has 1 aromatic carbocycles. The third kappa shape index (κ3) is 1.36. The first-order valence-electron chi connectivity index (χ1n) is 8.02. The van der Waals surface area contributed by atoms with Crippen molar-refractivity contribution < 1.29 is 0 Å². The van der Waals surface area contributed by atoms with Gasteiger partial charge in [0.25, 0.3) is 0 Å². The first-order chi connectivity index (χ1) is 11.9. The molecule has 4 heteroatoms. The Morgan fingerprint density at radius 3 is 2.88 bits per heavy atom. The monoisotopic (exact) mass is 308 g/mol. The summed E-state index contributed by atoms with van der Waals surface area (Å²) >= 11 is 0. The van der Waals surface area contributed by atoms with Gasteiger partial charge in [0.05, 0.1) is 28.6 Å². The first kappa shape index (κ1) is 12.2. The summed E-state index contributed by atoms with van der Waals surface area (Å²) in [5.74, 6) is 0. The van der Waals surface area contributed by atoms with Gasteiger partial charge in [-0.2, -0.15) is 0 Å². The predicted octanol–water partition coefficient (Wildman–Crippen LogP) is 4.00. The van der Waals surface area contributed by atoms with Crippen molar-refractivity contribution in [1.29, 1.82) is 0 Å². The molecule has 24 heavy (non-hydrogen) atoms. The van der Waals surface area contributed by atoms with Crippen LogP contribution in [0.5, 0.6) is 0 Å². The number of hydrogen-bond donors (Lipinski definition) is 0. The number of hydrogen-bond acceptors (Lipinski definition) is 3. The van der Waals surface area contributed by atoms with Gasteiger partial charge in [-0.15, -0.1) is 0 Å². The number of rotatable bonds is 0. The summed E-state index contributed by atoms with van der Waals surface area (Å²) in [7, 11) is 0. The SMILES string of the molecule is c1ccc2c(c1)Cc1nc3c4cccnc4c4ccncc4n3c1-2. The zero-order chi connectivity index (χ0) is 15.7. The van der Waals surface area contributed by atoms with Crippen LogP contribution < -0.4 is 0 Å². The van der Waals surface area contributed by atoms with E-state index in [0.717, 1.165) is 39.6 Å². The quantitative estimate of drug-likeness (QED) is 0.398. The third-order valence-electron chi connectivity index (χ3n) is 4.92. The van der Waals surface area contributed by atoms with Crippen molar-refractivity contribution in [3.05, 3.63) is 72.3 Å². The molecule has 0 aliphatic heterocycles. The molecule has 0 fully saturated rings. The molecule has 4 heterocycles. The Hall–Kier alpha value is -3.27. The molecule has 1 aliphatic rings. The summed E-state index contributed by atoms with van der Waals surface area (Å²) in [6.45, 7) is 0. The van der Waals surface area contributed by atoms with Gasteiger partial charge in [0.1, 0.15) is 5.65 Å². The van der Waals surface area contributed by atoms with E-state index in [1.165, 1.54) is 16.8 Å². The van der Waals surface area contributed by atoms with Gasteiger partial charge < -0.3 is 0 Å². The molecular formula is C20H12N4. The Kier molecular flexibility index (Phi) is 2.12. The average Bonchev–Trinajstić information content (AvgIpc) is 3.18. The number of nitrogens with zero attached hydrogens (tertiary/aromatic N) is 4. The molecule has 0 amide bonds. The molecule has 5 aromatic rings. The molecule has 0 saturated carbocycles. The highest BCUT2D eigenvalue weighted by Crippen LogP contribution is 2.40. The van der Waals surface area contributed by atoms with E-state index in [-0.39, 0.29) is 0 Å². The van der Waals surface area contributed by atoms with Gasteiger partial charge in [0.15, 0.2) is 0 Å². The maximum atomic E-state index is 4.98. The maximum Gasteiger partial charge on any atom is 0.147 e. The maximum absolute atomic E-state index is 4.98. The van der Waals surface area contributed by atoms with E-state index in [0.29, 0.717) is 0 Å². The lowest BCUT2D eigenvalue weighted by molar-refractivity contribution is 1.17. The molecule has 4 nitrogen and oxygen atoms in total. The Morgan fingerprint density at radius 2 is 1.88 bits per heavy atom. The summed E-state index contributed by atoms with van der Waals surface area (Å²) in [6, 6.07) is 14.7. The van der Waals surface area contributed by atoms with E-state index in [1.54, 1.807) is 0 Å².